The zero-order chi connectivity index (χ0) is 22.2. The summed E-state index contributed by atoms with van der Waals surface area (Å²) in [6.45, 7) is 4.24. The topological polar surface area (TPSA) is 118 Å². The number of carbonyl (C=O) groups excluding carboxylic acids is 4. The van der Waals surface area contributed by atoms with Gasteiger partial charge in [-0.15, -0.1) is 0 Å². The molecule has 2 rings (SSSR count). The molecule has 2 N–H and O–H groups in total. The molecule has 0 radical (unpaired) electrons. The number of halogens is 3. The normalized spacial score (nSPS) is 9.28. The third-order valence-corrected chi connectivity index (χ3v) is 4.87. The van der Waals surface area contributed by atoms with Crippen molar-refractivity contribution in [2.24, 2.45) is 0 Å². The molecule has 0 saturated heterocycles. The molecular weight excluding hydrogens is 580 g/mol. The monoisotopic (exact) mass is 598 g/mol. The molecule has 8 nitrogen and oxygen atoms in total. The van der Waals surface area contributed by atoms with E-state index in [1.54, 1.807) is 32.2 Å². The average molecular weight is 601 g/mol. The molecule has 2 aromatic heterocycles. The molecule has 0 amide bonds. The molecule has 0 bridgehead atoms. The van der Waals surface area contributed by atoms with Crippen LogP contribution in [0, 0.1) is 0 Å². The minimum Gasteiger partial charge on any atom is -0.461 e. The van der Waals surface area contributed by atoms with Crippen LogP contribution in [0.3, 0.4) is 0 Å². The molecular formula is C18H21Br3N2O6. The molecule has 160 valence electrons. The second kappa shape index (κ2) is 16.1. The van der Waals surface area contributed by atoms with E-state index in [4.69, 9.17) is 9.47 Å². The van der Waals surface area contributed by atoms with Gasteiger partial charge in [0.2, 0.25) is 4.69 Å². The molecule has 0 aliphatic carbocycles. The Hall–Kier alpha value is -1.72. The van der Waals surface area contributed by atoms with Crippen molar-refractivity contribution in [2.45, 2.75) is 13.8 Å². The number of nitrogens with one attached hydrogen (secondary N) is 2. The first kappa shape index (κ1) is 27.3. The van der Waals surface area contributed by atoms with E-state index in [2.05, 4.69) is 57.8 Å². The van der Waals surface area contributed by atoms with Gasteiger partial charge in [-0.25, -0.2) is 9.59 Å². The lowest BCUT2D eigenvalue weighted by atomic mass is 10.2. The summed E-state index contributed by atoms with van der Waals surface area (Å²) in [5.74, 6) is -0.814. The quantitative estimate of drug-likeness (QED) is 0.212. The van der Waals surface area contributed by atoms with E-state index in [1.165, 1.54) is 12.3 Å². The first-order valence-electron chi connectivity index (χ1n) is 8.30. The van der Waals surface area contributed by atoms with Gasteiger partial charge in [0.05, 0.1) is 23.9 Å². The Labute approximate surface area is 193 Å². The van der Waals surface area contributed by atoms with Crippen molar-refractivity contribution in [1.82, 2.24) is 9.97 Å². The molecule has 11 heteroatoms. The summed E-state index contributed by atoms with van der Waals surface area (Å²) in [7, 11) is 0. The number of ether oxygens (including phenoxy) is 2. The molecule has 2 heterocycles. The summed E-state index contributed by atoms with van der Waals surface area (Å²) in [4.78, 5) is 48.4. The van der Waals surface area contributed by atoms with Crippen molar-refractivity contribution in [3.8, 4) is 0 Å². The Balaban J connectivity index is 0.000000455. The van der Waals surface area contributed by atoms with E-state index >= 15 is 0 Å². The molecule has 0 atom stereocenters. The Bertz CT molecular complexity index is 774. The number of esters is 2. The number of aromatic amines is 2. The molecule has 2 aromatic rings. The fourth-order valence-corrected chi connectivity index (χ4v) is 1.95. The lowest BCUT2D eigenvalue weighted by Gasteiger charge is -1.96. The SMILES string of the molecule is CCOC(=O)c1cc(C(=O)CBr)c[nH]1.CCOC(=O)c1ccc[nH]1.O=C(Br)CBr. The number of carbonyl (C=O) groups is 4. The van der Waals surface area contributed by atoms with Gasteiger partial charge in [0.15, 0.2) is 5.78 Å². The van der Waals surface area contributed by atoms with E-state index in [0.29, 0.717) is 35.5 Å². The van der Waals surface area contributed by atoms with Crippen LogP contribution >= 0.6 is 47.8 Å². The maximum absolute atomic E-state index is 11.2. The summed E-state index contributed by atoms with van der Waals surface area (Å²) in [5.41, 5.74) is 1.28. The lowest BCUT2D eigenvalue weighted by Crippen LogP contribution is -2.04. The number of hydrogen-bond acceptors (Lipinski definition) is 6. The highest BCUT2D eigenvalue weighted by Gasteiger charge is 2.12. The maximum atomic E-state index is 11.2. The Kier molecular flexibility index (Phi) is 15.2. The largest absolute Gasteiger partial charge is 0.461 e. The number of ketones is 1. The van der Waals surface area contributed by atoms with Gasteiger partial charge in [-0.2, -0.15) is 0 Å². The second-order valence-electron chi connectivity index (χ2n) is 4.87. The van der Waals surface area contributed by atoms with Gasteiger partial charge in [-0.05, 0) is 48.0 Å². The smallest absolute Gasteiger partial charge is 0.354 e. The van der Waals surface area contributed by atoms with Gasteiger partial charge in [-0.1, -0.05) is 31.9 Å². The van der Waals surface area contributed by atoms with Crippen LogP contribution in [0.2, 0.25) is 0 Å². The molecule has 0 aliphatic rings. The van der Waals surface area contributed by atoms with Crippen LogP contribution in [0.25, 0.3) is 0 Å². The summed E-state index contributed by atoms with van der Waals surface area (Å²) in [6.07, 6.45) is 3.18. The Morgan fingerprint density at radius 3 is 1.90 bits per heavy atom. The van der Waals surface area contributed by atoms with Crippen LogP contribution < -0.4 is 0 Å². The molecule has 0 unspecified atom stereocenters. The molecule has 0 saturated carbocycles. The highest BCUT2D eigenvalue weighted by atomic mass is 79.9. The minimum absolute atomic E-state index is 0.0162. The van der Waals surface area contributed by atoms with E-state index in [1.807, 2.05) is 0 Å². The van der Waals surface area contributed by atoms with Crippen molar-refractivity contribution in [3.05, 3.63) is 47.5 Å². The summed E-state index contributed by atoms with van der Waals surface area (Å²) < 4.78 is 9.46. The zero-order valence-electron chi connectivity index (χ0n) is 15.8. The third-order valence-electron chi connectivity index (χ3n) is 2.82. The number of hydrogen-bond donors (Lipinski definition) is 2. The van der Waals surface area contributed by atoms with Crippen LogP contribution in [0.4, 0.5) is 0 Å². The first-order valence-corrected chi connectivity index (χ1v) is 11.3. The fourth-order valence-electron chi connectivity index (χ4n) is 1.63. The summed E-state index contributed by atoms with van der Waals surface area (Å²) in [6, 6.07) is 4.92. The Morgan fingerprint density at radius 2 is 1.48 bits per heavy atom. The van der Waals surface area contributed by atoms with Crippen molar-refractivity contribution in [2.75, 3.05) is 23.9 Å². The number of alkyl halides is 2. The van der Waals surface area contributed by atoms with Crippen LogP contribution in [-0.2, 0) is 14.3 Å². The van der Waals surface area contributed by atoms with Crippen molar-refractivity contribution in [3.63, 3.8) is 0 Å². The molecule has 0 spiro atoms. The summed E-state index contributed by atoms with van der Waals surface area (Å²) in [5, 5.41) is 0.639. The van der Waals surface area contributed by atoms with Gasteiger partial charge in [0, 0.05) is 18.0 Å². The van der Waals surface area contributed by atoms with Crippen LogP contribution in [0.15, 0.2) is 30.6 Å². The predicted molar refractivity (Wildman–Crippen MR) is 119 cm³/mol. The van der Waals surface area contributed by atoms with Crippen molar-refractivity contribution >= 4 is 70.2 Å². The van der Waals surface area contributed by atoms with Crippen LogP contribution in [0.1, 0.15) is 45.2 Å². The number of Topliss-reactive ketones (excluding diaryl/α,β-unsaturated/α-hetero) is 1. The van der Waals surface area contributed by atoms with E-state index < -0.39 is 5.97 Å². The zero-order valence-corrected chi connectivity index (χ0v) is 20.6. The molecule has 29 heavy (non-hydrogen) atoms. The van der Waals surface area contributed by atoms with Gasteiger partial charge in [0.1, 0.15) is 11.4 Å². The summed E-state index contributed by atoms with van der Waals surface area (Å²) >= 11 is 8.65. The van der Waals surface area contributed by atoms with E-state index in [-0.39, 0.29) is 21.8 Å². The third kappa shape index (κ3) is 11.8. The molecule has 0 aromatic carbocycles. The number of rotatable bonds is 7. The minimum atomic E-state index is -0.443. The van der Waals surface area contributed by atoms with Crippen LogP contribution in [0.5, 0.6) is 0 Å². The standard InChI is InChI=1S/C9H10BrNO3.C7H9NO2.C2H2Br2O/c1-2-14-9(13)7-3-6(5-11-7)8(12)4-10;1-2-10-7(9)6-4-3-5-8-6;3-1-2(4)5/h3,5,11H,2,4H2,1H3;3-5,8H,2H2,1H3;1H2. The highest BCUT2D eigenvalue weighted by Crippen LogP contribution is 2.07. The Morgan fingerprint density at radius 1 is 0.931 bits per heavy atom. The van der Waals surface area contributed by atoms with Gasteiger partial charge in [-0.3, -0.25) is 9.59 Å². The predicted octanol–water partition coefficient (Wildman–Crippen LogP) is 4.26. The van der Waals surface area contributed by atoms with Gasteiger partial charge in [0.25, 0.3) is 0 Å². The number of H-pyrrole nitrogens is 2. The van der Waals surface area contributed by atoms with E-state index in [0.717, 1.165) is 0 Å². The van der Waals surface area contributed by atoms with E-state index in [9.17, 15) is 19.2 Å². The fraction of sp³-hybridized carbons (Fsp3) is 0.333. The average Bonchev–Trinajstić information content (AvgIpc) is 3.41. The van der Waals surface area contributed by atoms with Gasteiger partial charge < -0.3 is 19.4 Å². The molecule has 0 fully saturated rings. The first-order chi connectivity index (χ1) is 13.8. The number of aromatic nitrogens is 2. The second-order valence-corrected chi connectivity index (χ2v) is 6.88. The molecule has 0 aliphatic heterocycles. The highest BCUT2D eigenvalue weighted by molar-refractivity contribution is 9.19. The maximum Gasteiger partial charge on any atom is 0.354 e. The lowest BCUT2D eigenvalue weighted by molar-refractivity contribution is -0.108. The van der Waals surface area contributed by atoms with Crippen molar-refractivity contribution < 1.29 is 28.7 Å². The van der Waals surface area contributed by atoms with Crippen molar-refractivity contribution in [1.29, 1.82) is 0 Å². The van der Waals surface area contributed by atoms with Crippen LogP contribution in [-0.4, -0.2) is 56.3 Å². The van der Waals surface area contributed by atoms with Gasteiger partial charge >= 0.3 is 11.9 Å².